The number of ether oxygens (including phenoxy) is 4. The number of halogens is 2. The molecule has 0 amide bonds. The largest absolute Gasteiger partial charge is 1.00 e. The van der Waals surface area contributed by atoms with Crippen LogP contribution in [-0.2, 0) is 33.4 Å². The van der Waals surface area contributed by atoms with Crippen LogP contribution in [0.2, 0.25) is 0 Å². The van der Waals surface area contributed by atoms with Crippen molar-refractivity contribution < 1.29 is 52.7 Å². The number of hydrogen-bond acceptors (Lipinski definition) is 4. The molecule has 6 nitrogen and oxygen atoms in total. The lowest BCUT2D eigenvalue weighted by molar-refractivity contribution is -0.904. The van der Waals surface area contributed by atoms with Gasteiger partial charge in [-0.1, -0.05) is 154 Å². The molecule has 0 aliphatic rings. The van der Waals surface area contributed by atoms with Gasteiger partial charge in [0.2, 0.25) is 0 Å². The van der Waals surface area contributed by atoms with E-state index in [0.717, 1.165) is 72.7 Å². The number of benzene rings is 4. The minimum absolute atomic E-state index is 0. The first-order chi connectivity index (χ1) is 27.9. The molecule has 0 atom stereocenters. The summed E-state index contributed by atoms with van der Waals surface area (Å²) in [6.07, 6.45) is 2.29. The van der Waals surface area contributed by atoms with Gasteiger partial charge in [0.25, 0.3) is 0 Å². The third kappa shape index (κ3) is 23.5. The molecule has 0 radical (unpaired) electrons. The highest BCUT2D eigenvalue weighted by molar-refractivity contribution is 5.33. The molecule has 8 heteroatoms. The van der Waals surface area contributed by atoms with Crippen LogP contribution in [0, 0.1) is 10.8 Å². The molecule has 0 heterocycles. The molecule has 0 fully saturated rings. The molecule has 0 unspecified atom stereocenters. The maximum atomic E-state index is 5.87. The average Bonchev–Trinajstić information content (AvgIpc) is 3.14. The van der Waals surface area contributed by atoms with Crippen LogP contribution in [0.4, 0.5) is 0 Å². The predicted octanol–water partition coefficient (Wildman–Crippen LogP) is 6.15. The molecule has 4 rings (SSSR count). The van der Waals surface area contributed by atoms with Gasteiger partial charge < -0.3 is 52.7 Å². The molecular weight excluding hydrogens is 812 g/mol. The Balaban J connectivity index is 0.000000601. The van der Waals surface area contributed by atoms with Crippen molar-refractivity contribution in [3.63, 3.8) is 0 Å². The van der Waals surface area contributed by atoms with E-state index in [1.807, 2.05) is 0 Å². The fourth-order valence-electron chi connectivity index (χ4n) is 8.44. The van der Waals surface area contributed by atoms with Crippen LogP contribution in [0.3, 0.4) is 0 Å². The Hall–Kier alpha value is -3.10. The van der Waals surface area contributed by atoms with Crippen LogP contribution in [0.15, 0.2) is 109 Å². The molecule has 0 bridgehead atoms. The molecule has 348 valence electrons. The van der Waals surface area contributed by atoms with Gasteiger partial charge in [-0.3, -0.25) is 0 Å². The molecule has 0 aromatic heterocycles. The summed E-state index contributed by atoms with van der Waals surface area (Å²) in [6.45, 7) is 30.9. The van der Waals surface area contributed by atoms with Gasteiger partial charge in [-0.2, -0.15) is 0 Å². The van der Waals surface area contributed by atoms with E-state index >= 15 is 0 Å². The fourth-order valence-corrected chi connectivity index (χ4v) is 8.44. The van der Waals surface area contributed by atoms with Gasteiger partial charge in [-0.05, 0) is 69.9 Å². The van der Waals surface area contributed by atoms with E-state index in [-0.39, 0.29) is 35.6 Å². The molecule has 62 heavy (non-hydrogen) atoms. The van der Waals surface area contributed by atoms with E-state index in [1.165, 1.54) is 22.3 Å². The van der Waals surface area contributed by atoms with Crippen LogP contribution in [-0.4, -0.2) is 89.9 Å². The normalized spacial score (nSPS) is 12.4. The average molecular weight is 896 g/mol. The second kappa shape index (κ2) is 26.0. The number of likely N-dealkylation sites (N-methyl/N-ethyl adjacent to an activating group) is 2. The topological polar surface area (TPSA) is 36.9 Å². The minimum atomic E-state index is 0. The predicted molar refractivity (Wildman–Crippen MR) is 254 cm³/mol. The lowest BCUT2D eigenvalue weighted by Crippen LogP contribution is -3.00. The molecular formula is C54H84Cl2N2O4. The van der Waals surface area contributed by atoms with E-state index in [4.69, 9.17) is 18.9 Å². The van der Waals surface area contributed by atoms with Crippen LogP contribution < -0.4 is 34.3 Å². The molecule has 0 N–H and O–H groups in total. The Morgan fingerprint density at radius 2 is 0.694 bits per heavy atom. The van der Waals surface area contributed by atoms with Crippen LogP contribution in [0.1, 0.15) is 104 Å². The summed E-state index contributed by atoms with van der Waals surface area (Å²) in [5.74, 6) is 1.82. The van der Waals surface area contributed by atoms with E-state index in [0.29, 0.717) is 37.3 Å². The van der Waals surface area contributed by atoms with Crippen molar-refractivity contribution in [3.05, 3.63) is 131 Å². The molecule has 0 saturated heterocycles. The fraction of sp³-hybridized carbons (Fsp3) is 0.556. The standard InChI is InChI=1S/2C27H42NO2.2ClH/c2*1-26(2,3)22-27(4,5)24-13-15-25(16-14-24)30-20-19-29-18-17-28(6,7)21-23-11-9-8-10-12-23;;/h2*8-16H,17-22H2,1-7H3;2*1H/q2*+1;;/p-2. The summed E-state index contributed by atoms with van der Waals surface area (Å²) in [7, 11) is 8.98. The summed E-state index contributed by atoms with van der Waals surface area (Å²) >= 11 is 0. The summed E-state index contributed by atoms with van der Waals surface area (Å²) in [6, 6.07) is 38.4. The number of nitrogens with zero attached hydrogens (tertiary/aromatic N) is 2. The maximum absolute atomic E-state index is 5.87. The van der Waals surface area contributed by atoms with Crippen molar-refractivity contribution in [1.29, 1.82) is 0 Å². The van der Waals surface area contributed by atoms with Crippen molar-refractivity contribution in [3.8, 4) is 11.5 Å². The molecule has 4 aromatic carbocycles. The van der Waals surface area contributed by atoms with E-state index in [2.05, 4.69) is 207 Å². The molecule has 0 aliphatic carbocycles. The Labute approximate surface area is 391 Å². The Morgan fingerprint density at radius 3 is 0.984 bits per heavy atom. The van der Waals surface area contributed by atoms with Gasteiger partial charge >= 0.3 is 0 Å². The molecule has 0 saturated carbocycles. The first kappa shape index (κ1) is 56.9. The third-order valence-corrected chi connectivity index (χ3v) is 10.8. The van der Waals surface area contributed by atoms with Gasteiger partial charge in [0, 0.05) is 11.1 Å². The van der Waals surface area contributed by atoms with Crippen molar-refractivity contribution in [2.45, 2.75) is 106 Å². The second-order valence-electron chi connectivity index (χ2n) is 21.8. The Bertz CT molecular complexity index is 1630. The van der Waals surface area contributed by atoms with Crippen molar-refractivity contribution in [2.75, 3.05) is 80.9 Å². The highest BCUT2D eigenvalue weighted by atomic mass is 35.5. The maximum Gasteiger partial charge on any atom is 0.119 e. The summed E-state index contributed by atoms with van der Waals surface area (Å²) in [5.41, 5.74) is 6.38. The summed E-state index contributed by atoms with van der Waals surface area (Å²) in [5, 5.41) is 0. The zero-order chi connectivity index (χ0) is 44.5. The van der Waals surface area contributed by atoms with E-state index in [9.17, 15) is 0 Å². The summed E-state index contributed by atoms with van der Waals surface area (Å²) < 4.78 is 25.2. The highest BCUT2D eigenvalue weighted by Gasteiger charge is 2.28. The molecule has 4 aromatic rings. The van der Waals surface area contributed by atoms with Gasteiger partial charge in [0.15, 0.2) is 0 Å². The van der Waals surface area contributed by atoms with Crippen LogP contribution in [0.25, 0.3) is 0 Å². The zero-order valence-corrected chi connectivity index (χ0v) is 42.7. The van der Waals surface area contributed by atoms with Crippen molar-refractivity contribution in [1.82, 2.24) is 0 Å². The number of quaternary nitrogens is 2. The number of rotatable bonds is 22. The first-order valence-corrected chi connectivity index (χ1v) is 22.3. The summed E-state index contributed by atoms with van der Waals surface area (Å²) in [4.78, 5) is 0. The van der Waals surface area contributed by atoms with Gasteiger partial charge in [-0.25, -0.2) is 0 Å². The van der Waals surface area contributed by atoms with Gasteiger partial charge in [-0.15, -0.1) is 0 Å². The lowest BCUT2D eigenvalue weighted by atomic mass is 9.72. The minimum Gasteiger partial charge on any atom is -1.00 e. The quantitative estimate of drug-likeness (QED) is 0.0702. The first-order valence-electron chi connectivity index (χ1n) is 22.3. The Kier molecular flexibility index (Phi) is 23.9. The third-order valence-electron chi connectivity index (χ3n) is 10.8. The van der Waals surface area contributed by atoms with E-state index < -0.39 is 0 Å². The van der Waals surface area contributed by atoms with E-state index in [1.54, 1.807) is 0 Å². The Morgan fingerprint density at radius 1 is 0.387 bits per heavy atom. The van der Waals surface area contributed by atoms with Gasteiger partial charge in [0.1, 0.15) is 50.9 Å². The zero-order valence-electron chi connectivity index (χ0n) is 41.2. The SMILES string of the molecule is CC(C)(C)CC(C)(C)c1ccc(OCCOCC[N+](C)(C)Cc2ccccc2)cc1.CC(C)(C)CC(C)(C)c1ccc(OCCOCC[N+](C)(C)Cc2ccccc2)cc1.[Cl-].[Cl-]. The lowest BCUT2D eigenvalue weighted by Gasteiger charge is -2.33. The van der Waals surface area contributed by atoms with Crippen molar-refractivity contribution >= 4 is 0 Å². The van der Waals surface area contributed by atoms with Crippen molar-refractivity contribution in [2.24, 2.45) is 10.8 Å². The van der Waals surface area contributed by atoms with Crippen LogP contribution >= 0.6 is 0 Å². The van der Waals surface area contributed by atoms with Crippen LogP contribution in [0.5, 0.6) is 11.5 Å². The highest BCUT2D eigenvalue weighted by Crippen LogP contribution is 2.38. The molecule has 0 spiro atoms. The smallest absolute Gasteiger partial charge is 0.119 e. The molecule has 0 aliphatic heterocycles. The monoisotopic (exact) mass is 895 g/mol. The number of hydrogen-bond donors (Lipinski definition) is 0. The second-order valence-corrected chi connectivity index (χ2v) is 21.8. The van der Waals surface area contributed by atoms with Gasteiger partial charge in [0.05, 0.1) is 54.6 Å².